The van der Waals surface area contributed by atoms with Crippen LogP contribution in [-0.2, 0) is 20.0 Å². The van der Waals surface area contributed by atoms with Crippen molar-refractivity contribution in [3.8, 4) is 0 Å². The van der Waals surface area contributed by atoms with Gasteiger partial charge in [0.25, 0.3) is 5.56 Å². The standard InChI is InChI=1S/C22H21N5O2/c1-26-21(29)19-20(23-13-27(19)12-14-7-3-2-4-8-14)25-22(26)24-18-16-10-6-5-9-15(16)11-17(18)28/h2-10,13,17-18,28H,11-12H2,1H3,(H,24,25). The van der Waals surface area contributed by atoms with Gasteiger partial charge in [0.2, 0.25) is 5.95 Å². The molecule has 1 aliphatic carbocycles. The normalized spacial score (nSPS) is 18.1. The van der Waals surface area contributed by atoms with Crippen molar-refractivity contribution in [2.45, 2.75) is 25.1 Å². The summed E-state index contributed by atoms with van der Waals surface area (Å²) in [5.74, 6) is 0.396. The molecule has 0 saturated carbocycles. The third-order valence-electron chi connectivity index (χ3n) is 5.54. The van der Waals surface area contributed by atoms with Gasteiger partial charge in [-0.05, 0) is 16.7 Å². The van der Waals surface area contributed by atoms with Crippen molar-refractivity contribution >= 4 is 17.1 Å². The van der Waals surface area contributed by atoms with E-state index in [-0.39, 0.29) is 11.6 Å². The minimum atomic E-state index is -0.573. The van der Waals surface area contributed by atoms with Crippen LogP contribution in [0, 0.1) is 0 Å². The van der Waals surface area contributed by atoms with Crippen molar-refractivity contribution in [2.24, 2.45) is 7.05 Å². The highest BCUT2D eigenvalue weighted by Gasteiger charge is 2.31. The van der Waals surface area contributed by atoms with E-state index >= 15 is 0 Å². The van der Waals surface area contributed by atoms with Crippen molar-refractivity contribution in [3.05, 3.63) is 88.0 Å². The largest absolute Gasteiger partial charge is 0.390 e. The van der Waals surface area contributed by atoms with Crippen LogP contribution in [0.3, 0.4) is 0 Å². The number of benzene rings is 2. The van der Waals surface area contributed by atoms with Gasteiger partial charge in [-0.3, -0.25) is 9.36 Å². The van der Waals surface area contributed by atoms with E-state index < -0.39 is 6.10 Å². The van der Waals surface area contributed by atoms with Crippen LogP contribution in [0.15, 0.2) is 65.7 Å². The molecule has 0 radical (unpaired) electrons. The van der Waals surface area contributed by atoms with E-state index in [1.165, 1.54) is 4.57 Å². The summed E-state index contributed by atoms with van der Waals surface area (Å²) in [6, 6.07) is 17.5. The van der Waals surface area contributed by atoms with Crippen LogP contribution < -0.4 is 10.9 Å². The third-order valence-corrected chi connectivity index (χ3v) is 5.54. The quantitative estimate of drug-likeness (QED) is 0.561. The van der Waals surface area contributed by atoms with Crippen LogP contribution in [0.4, 0.5) is 5.95 Å². The van der Waals surface area contributed by atoms with Crippen LogP contribution in [0.5, 0.6) is 0 Å². The molecule has 2 heterocycles. The van der Waals surface area contributed by atoms with Gasteiger partial charge in [0.15, 0.2) is 11.2 Å². The predicted molar refractivity (Wildman–Crippen MR) is 111 cm³/mol. The first-order valence-electron chi connectivity index (χ1n) is 9.60. The zero-order valence-electron chi connectivity index (χ0n) is 16.0. The first kappa shape index (κ1) is 17.6. The first-order valence-corrected chi connectivity index (χ1v) is 9.60. The number of rotatable bonds is 4. The zero-order chi connectivity index (χ0) is 20.0. The summed E-state index contributed by atoms with van der Waals surface area (Å²) >= 11 is 0. The molecule has 4 aromatic rings. The lowest BCUT2D eigenvalue weighted by molar-refractivity contribution is 0.165. The van der Waals surface area contributed by atoms with Crippen LogP contribution in [0.25, 0.3) is 11.2 Å². The minimum Gasteiger partial charge on any atom is -0.390 e. The van der Waals surface area contributed by atoms with E-state index in [2.05, 4.69) is 15.3 Å². The van der Waals surface area contributed by atoms with Gasteiger partial charge in [0.05, 0.1) is 18.5 Å². The predicted octanol–water partition coefficient (Wildman–Crippen LogP) is 2.25. The third kappa shape index (κ3) is 3.00. The molecule has 0 saturated heterocycles. The lowest BCUT2D eigenvalue weighted by atomic mass is 10.1. The topological polar surface area (TPSA) is 85.0 Å². The fourth-order valence-electron chi connectivity index (χ4n) is 4.02. The average molecular weight is 387 g/mol. The Bertz CT molecular complexity index is 1250. The molecule has 0 bridgehead atoms. The molecule has 5 rings (SSSR count). The number of hydrogen-bond acceptors (Lipinski definition) is 5. The molecule has 0 aliphatic heterocycles. The van der Waals surface area contributed by atoms with Gasteiger partial charge in [-0.25, -0.2) is 4.98 Å². The Morgan fingerprint density at radius 2 is 1.90 bits per heavy atom. The molecule has 2 N–H and O–H groups in total. The van der Waals surface area contributed by atoms with E-state index in [0.29, 0.717) is 30.1 Å². The molecular formula is C22H21N5O2. The molecular weight excluding hydrogens is 366 g/mol. The zero-order valence-corrected chi connectivity index (χ0v) is 16.0. The van der Waals surface area contributed by atoms with Gasteiger partial charge in [0.1, 0.15) is 0 Å². The second-order valence-corrected chi connectivity index (χ2v) is 7.42. The number of nitrogens with zero attached hydrogens (tertiary/aromatic N) is 4. The maximum absolute atomic E-state index is 13.1. The van der Waals surface area contributed by atoms with Gasteiger partial charge in [-0.1, -0.05) is 54.6 Å². The van der Waals surface area contributed by atoms with E-state index in [9.17, 15) is 9.90 Å². The lowest BCUT2D eigenvalue weighted by Crippen LogP contribution is -2.28. The maximum Gasteiger partial charge on any atom is 0.280 e. The number of nitrogens with one attached hydrogen (secondary N) is 1. The number of hydrogen-bond donors (Lipinski definition) is 2. The highest BCUT2D eigenvalue weighted by Crippen LogP contribution is 2.33. The highest BCUT2D eigenvalue weighted by atomic mass is 16.3. The summed E-state index contributed by atoms with van der Waals surface area (Å²) in [6.07, 6.45) is 1.65. The summed E-state index contributed by atoms with van der Waals surface area (Å²) in [4.78, 5) is 22.0. The molecule has 146 valence electrons. The van der Waals surface area contributed by atoms with Gasteiger partial charge in [-0.2, -0.15) is 4.98 Å². The van der Waals surface area contributed by atoms with Gasteiger partial charge in [0, 0.05) is 20.0 Å². The minimum absolute atomic E-state index is 0.174. The van der Waals surface area contributed by atoms with E-state index in [1.807, 2.05) is 59.2 Å². The van der Waals surface area contributed by atoms with Crippen molar-refractivity contribution in [2.75, 3.05) is 5.32 Å². The first-order chi connectivity index (χ1) is 14.1. The summed E-state index contributed by atoms with van der Waals surface area (Å²) < 4.78 is 3.31. The van der Waals surface area contributed by atoms with Crippen LogP contribution >= 0.6 is 0 Å². The molecule has 1 aliphatic rings. The fourth-order valence-corrected chi connectivity index (χ4v) is 4.02. The number of anilines is 1. The number of fused-ring (bicyclic) bond motifs is 2. The number of aliphatic hydroxyl groups excluding tert-OH is 1. The van der Waals surface area contributed by atoms with E-state index in [0.717, 1.165) is 16.7 Å². The number of aliphatic hydroxyl groups is 1. The second-order valence-electron chi connectivity index (χ2n) is 7.42. The molecule has 2 unspecified atom stereocenters. The molecule has 2 atom stereocenters. The van der Waals surface area contributed by atoms with Crippen LogP contribution in [-0.4, -0.2) is 30.3 Å². The van der Waals surface area contributed by atoms with Crippen molar-refractivity contribution in [1.82, 2.24) is 19.1 Å². The Morgan fingerprint density at radius 3 is 2.72 bits per heavy atom. The highest BCUT2D eigenvalue weighted by molar-refractivity contribution is 5.71. The summed E-state index contributed by atoms with van der Waals surface area (Å²) in [6.45, 7) is 0.551. The summed E-state index contributed by atoms with van der Waals surface area (Å²) in [7, 11) is 1.68. The average Bonchev–Trinajstić information content (AvgIpc) is 3.27. The van der Waals surface area contributed by atoms with E-state index in [1.54, 1.807) is 13.4 Å². The SMILES string of the molecule is Cn1c(NC2c3ccccc3CC2O)nc2ncn(Cc3ccccc3)c2c1=O. The van der Waals surface area contributed by atoms with E-state index in [4.69, 9.17) is 0 Å². The molecule has 2 aromatic heterocycles. The molecule has 2 aromatic carbocycles. The summed E-state index contributed by atoms with van der Waals surface area (Å²) in [5.41, 5.74) is 3.91. The lowest BCUT2D eigenvalue weighted by Gasteiger charge is -2.20. The smallest absolute Gasteiger partial charge is 0.280 e. The summed E-state index contributed by atoms with van der Waals surface area (Å²) in [5, 5.41) is 13.8. The fraction of sp³-hybridized carbons (Fsp3) is 0.227. The monoisotopic (exact) mass is 387 g/mol. The molecule has 29 heavy (non-hydrogen) atoms. The molecule has 7 nitrogen and oxygen atoms in total. The van der Waals surface area contributed by atoms with Gasteiger partial charge >= 0.3 is 0 Å². The van der Waals surface area contributed by atoms with Crippen molar-refractivity contribution in [3.63, 3.8) is 0 Å². The Kier molecular flexibility index (Phi) is 4.17. The molecule has 0 spiro atoms. The Balaban J connectivity index is 1.52. The Labute approximate surface area is 167 Å². The Morgan fingerprint density at radius 1 is 1.14 bits per heavy atom. The number of aromatic nitrogens is 4. The van der Waals surface area contributed by atoms with Gasteiger partial charge in [-0.15, -0.1) is 0 Å². The van der Waals surface area contributed by atoms with Crippen LogP contribution in [0.2, 0.25) is 0 Å². The van der Waals surface area contributed by atoms with Crippen molar-refractivity contribution < 1.29 is 5.11 Å². The maximum atomic E-state index is 13.1. The van der Waals surface area contributed by atoms with Crippen LogP contribution in [0.1, 0.15) is 22.7 Å². The van der Waals surface area contributed by atoms with Crippen molar-refractivity contribution in [1.29, 1.82) is 0 Å². The molecule has 0 amide bonds. The molecule has 0 fully saturated rings. The van der Waals surface area contributed by atoms with Gasteiger partial charge < -0.3 is 15.0 Å². The number of imidazole rings is 1. The molecule has 7 heteroatoms. The second kappa shape index (κ2) is 6.86. The Hall–Kier alpha value is -3.45.